The van der Waals surface area contributed by atoms with Gasteiger partial charge >= 0.3 is 0 Å². The minimum Gasteiger partial charge on any atom is -0.494 e. The Bertz CT molecular complexity index is 989. The number of benzene rings is 2. The fourth-order valence-electron chi connectivity index (χ4n) is 2.31. The maximum absolute atomic E-state index is 12.5. The molecule has 1 N–H and O–H groups in total. The van der Waals surface area contributed by atoms with Crippen LogP contribution in [0.1, 0.15) is 13.3 Å². The van der Waals surface area contributed by atoms with Crippen molar-refractivity contribution < 1.29 is 13.2 Å². The Kier molecular flexibility index (Phi) is 5.11. The largest absolute Gasteiger partial charge is 0.494 e. The van der Waals surface area contributed by atoms with E-state index in [4.69, 9.17) is 16.3 Å². The quantitative estimate of drug-likeness (QED) is 0.688. The summed E-state index contributed by atoms with van der Waals surface area (Å²) in [7, 11) is -3.73. The SMILES string of the molecule is CCCOc1ccc2cc(S(=O)(=O)Nc3ccc(Cl)cn3)ccc2c1. The molecule has 0 radical (unpaired) electrons. The van der Waals surface area contributed by atoms with Gasteiger partial charge in [-0.2, -0.15) is 0 Å². The molecule has 25 heavy (non-hydrogen) atoms. The van der Waals surface area contributed by atoms with Crippen LogP contribution in [0, 0.1) is 0 Å². The number of halogens is 1. The van der Waals surface area contributed by atoms with Crippen LogP contribution in [0.3, 0.4) is 0 Å². The third-order valence-corrected chi connectivity index (χ3v) is 5.11. The van der Waals surface area contributed by atoms with E-state index < -0.39 is 10.0 Å². The Hall–Kier alpha value is -2.31. The number of pyridine rings is 1. The zero-order chi connectivity index (χ0) is 17.9. The van der Waals surface area contributed by atoms with Gasteiger partial charge in [0.25, 0.3) is 10.0 Å². The lowest BCUT2D eigenvalue weighted by Gasteiger charge is -2.09. The van der Waals surface area contributed by atoms with Crippen LogP contribution in [-0.4, -0.2) is 20.0 Å². The summed E-state index contributed by atoms with van der Waals surface area (Å²) in [4.78, 5) is 4.12. The number of anilines is 1. The predicted molar refractivity (Wildman–Crippen MR) is 99.8 cm³/mol. The molecule has 1 aromatic heterocycles. The van der Waals surface area contributed by atoms with E-state index in [1.807, 2.05) is 25.1 Å². The van der Waals surface area contributed by atoms with E-state index in [0.717, 1.165) is 22.9 Å². The van der Waals surface area contributed by atoms with Crippen molar-refractivity contribution in [2.24, 2.45) is 0 Å². The number of fused-ring (bicyclic) bond motifs is 1. The molecule has 130 valence electrons. The number of rotatable bonds is 6. The van der Waals surface area contributed by atoms with Gasteiger partial charge in [-0.15, -0.1) is 0 Å². The Morgan fingerprint density at radius 1 is 1.08 bits per heavy atom. The number of nitrogens with one attached hydrogen (secondary N) is 1. The van der Waals surface area contributed by atoms with Crippen LogP contribution in [0.15, 0.2) is 59.6 Å². The summed E-state index contributed by atoms with van der Waals surface area (Å²) in [6.45, 7) is 2.69. The standard InChI is InChI=1S/C18H17ClN2O3S/c1-2-9-24-16-6-3-14-11-17(7-4-13(14)10-16)25(22,23)21-18-8-5-15(19)12-20-18/h3-8,10-12H,2,9H2,1H3,(H,20,21). The lowest BCUT2D eigenvalue weighted by atomic mass is 10.1. The molecule has 0 saturated heterocycles. The van der Waals surface area contributed by atoms with Gasteiger partial charge in [-0.3, -0.25) is 4.72 Å². The van der Waals surface area contributed by atoms with E-state index in [0.29, 0.717) is 11.6 Å². The first-order valence-electron chi connectivity index (χ1n) is 7.79. The van der Waals surface area contributed by atoms with Crippen LogP contribution >= 0.6 is 11.6 Å². The number of hydrogen-bond donors (Lipinski definition) is 1. The molecule has 0 fully saturated rings. The maximum Gasteiger partial charge on any atom is 0.263 e. The molecule has 2 aromatic carbocycles. The number of aromatic nitrogens is 1. The van der Waals surface area contributed by atoms with E-state index in [-0.39, 0.29) is 10.7 Å². The van der Waals surface area contributed by atoms with Gasteiger partial charge in [0.2, 0.25) is 0 Å². The summed E-state index contributed by atoms with van der Waals surface area (Å²) < 4.78 is 33.1. The molecular formula is C18H17ClN2O3S. The molecule has 0 atom stereocenters. The molecule has 0 bridgehead atoms. The second-order valence-electron chi connectivity index (χ2n) is 5.49. The predicted octanol–water partition coefficient (Wildman–Crippen LogP) is 4.48. The van der Waals surface area contributed by atoms with Gasteiger partial charge in [0.15, 0.2) is 0 Å². The average Bonchev–Trinajstić information content (AvgIpc) is 2.61. The summed E-state index contributed by atoms with van der Waals surface area (Å²) >= 11 is 5.76. The Morgan fingerprint density at radius 2 is 1.84 bits per heavy atom. The fraction of sp³-hybridized carbons (Fsp3) is 0.167. The van der Waals surface area contributed by atoms with Gasteiger partial charge in [-0.05, 0) is 53.6 Å². The second kappa shape index (κ2) is 7.29. The van der Waals surface area contributed by atoms with Gasteiger partial charge in [-0.1, -0.05) is 30.7 Å². The smallest absolute Gasteiger partial charge is 0.263 e. The third kappa shape index (κ3) is 4.21. The van der Waals surface area contributed by atoms with Gasteiger partial charge in [0.1, 0.15) is 11.6 Å². The molecule has 0 amide bonds. The summed E-state index contributed by atoms with van der Waals surface area (Å²) in [6.07, 6.45) is 2.32. The highest BCUT2D eigenvalue weighted by atomic mass is 35.5. The molecule has 0 spiro atoms. The van der Waals surface area contributed by atoms with E-state index in [1.54, 1.807) is 24.3 Å². The van der Waals surface area contributed by atoms with Crippen LogP contribution in [-0.2, 0) is 10.0 Å². The first-order chi connectivity index (χ1) is 12.0. The van der Waals surface area contributed by atoms with Gasteiger partial charge in [-0.25, -0.2) is 13.4 Å². The van der Waals surface area contributed by atoms with Crippen LogP contribution < -0.4 is 9.46 Å². The zero-order valence-corrected chi connectivity index (χ0v) is 15.1. The molecule has 0 unspecified atom stereocenters. The van der Waals surface area contributed by atoms with Crippen molar-refractivity contribution in [2.45, 2.75) is 18.2 Å². The zero-order valence-electron chi connectivity index (χ0n) is 13.6. The van der Waals surface area contributed by atoms with Crippen LogP contribution in [0.2, 0.25) is 5.02 Å². The Labute approximate surface area is 151 Å². The van der Waals surface area contributed by atoms with Crippen LogP contribution in [0.5, 0.6) is 5.75 Å². The van der Waals surface area contributed by atoms with Crippen molar-refractivity contribution in [3.63, 3.8) is 0 Å². The highest BCUT2D eigenvalue weighted by Gasteiger charge is 2.15. The number of nitrogens with zero attached hydrogens (tertiary/aromatic N) is 1. The maximum atomic E-state index is 12.5. The van der Waals surface area contributed by atoms with Crippen molar-refractivity contribution in [3.05, 3.63) is 59.8 Å². The Balaban J connectivity index is 1.88. The van der Waals surface area contributed by atoms with Gasteiger partial charge in [0, 0.05) is 6.20 Å². The minimum atomic E-state index is -3.73. The van der Waals surface area contributed by atoms with E-state index >= 15 is 0 Å². The minimum absolute atomic E-state index is 0.166. The summed E-state index contributed by atoms with van der Waals surface area (Å²) in [5, 5.41) is 2.17. The van der Waals surface area contributed by atoms with E-state index in [2.05, 4.69) is 9.71 Å². The molecule has 5 nitrogen and oxygen atoms in total. The summed E-state index contributed by atoms with van der Waals surface area (Å²) in [6, 6.07) is 13.6. The highest BCUT2D eigenvalue weighted by molar-refractivity contribution is 7.92. The van der Waals surface area contributed by atoms with Crippen LogP contribution in [0.25, 0.3) is 10.8 Å². The van der Waals surface area contributed by atoms with E-state index in [1.165, 1.54) is 12.3 Å². The van der Waals surface area contributed by atoms with Crippen LogP contribution in [0.4, 0.5) is 5.82 Å². The van der Waals surface area contributed by atoms with Crippen molar-refractivity contribution in [2.75, 3.05) is 11.3 Å². The summed E-state index contributed by atoms with van der Waals surface area (Å²) in [5.41, 5.74) is 0. The molecule has 0 aliphatic rings. The molecule has 3 rings (SSSR count). The lowest BCUT2D eigenvalue weighted by molar-refractivity contribution is 0.318. The van der Waals surface area contributed by atoms with Gasteiger partial charge in [0.05, 0.1) is 16.5 Å². The monoisotopic (exact) mass is 376 g/mol. The topological polar surface area (TPSA) is 68.3 Å². The van der Waals surface area contributed by atoms with Crippen molar-refractivity contribution in [1.82, 2.24) is 4.98 Å². The number of sulfonamides is 1. The molecule has 7 heteroatoms. The molecular weight excluding hydrogens is 360 g/mol. The molecule has 1 heterocycles. The van der Waals surface area contributed by atoms with Crippen molar-refractivity contribution in [1.29, 1.82) is 0 Å². The van der Waals surface area contributed by atoms with Crippen molar-refractivity contribution >= 4 is 38.2 Å². The first-order valence-corrected chi connectivity index (χ1v) is 9.65. The average molecular weight is 377 g/mol. The molecule has 0 saturated carbocycles. The number of ether oxygens (including phenoxy) is 1. The highest BCUT2D eigenvalue weighted by Crippen LogP contribution is 2.25. The fourth-order valence-corrected chi connectivity index (χ4v) is 3.47. The number of hydrogen-bond acceptors (Lipinski definition) is 4. The van der Waals surface area contributed by atoms with E-state index in [9.17, 15) is 8.42 Å². The van der Waals surface area contributed by atoms with Gasteiger partial charge < -0.3 is 4.74 Å². The third-order valence-electron chi connectivity index (χ3n) is 3.53. The lowest BCUT2D eigenvalue weighted by Crippen LogP contribution is -2.13. The molecule has 0 aliphatic carbocycles. The molecule has 0 aliphatic heterocycles. The first kappa shape index (κ1) is 17.5. The molecule has 3 aromatic rings. The van der Waals surface area contributed by atoms with Crippen molar-refractivity contribution in [3.8, 4) is 5.75 Å². The second-order valence-corrected chi connectivity index (χ2v) is 7.61. The summed E-state index contributed by atoms with van der Waals surface area (Å²) in [5.74, 6) is 0.987. The normalized spacial score (nSPS) is 11.4. The Morgan fingerprint density at radius 3 is 2.56 bits per heavy atom.